The van der Waals surface area contributed by atoms with E-state index in [0.29, 0.717) is 42.3 Å². The Hall–Kier alpha value is -3.21. The van der Waals surface area contributed by atoms with Crippen LogP contribution in [-0.4, -0.2) is 61.6 Å². The second kappa shape index (κ2) is 9.71. The third-order valence-corrected chi connectivity index (χ3v) is 8.69. The molecule has 8 heteroatoms. The molecule has 2 aromatic carbocycles. The van der Waals surface area contributed by atoms with E-state index in [4.69, 9.17) is 16.3 Å². The average molecular weight is 576 g/mol. The maximum absolute atomic E-state index is 13.9. The number of piperazine rings is 1. The first-order valence-corrected chi connectivity index (χ1v) is 17.7. The van der Waals surface area contributed by atoms with Crippen molar-refractivity contribution >= 4 is 48.1 Å². The van der Waals surface area contributed by atoms with Crippen LogP contribution in [0, 0.1) is 11.5 Å². The van der Waals surface area contributed by atoms with Gasteiger partial charge in [0.05, 0.1) is 16.3 Å². The summed E-state index contributed by atoms with van der Waals surface area (Å²) in [5, 5.41) is 1.46. The normalized spacial score (nSPS) is 16.8. The number of halogens is 1. The molecule has 0 saturated carbocycles. The van der Waals surface area contributed by atoms with Crippen LogP contribution in [0.1, 0.15) is 67.4 Å². The molecule has 1 amide bonds. The van der Waals surface area contributed by atoms with Gasteiger partial charge in [0, 0.05) is 59.3 Å². The molecule has 0 atom stereocenters. The van der Waals surface area contributed by atoms with E-state index in [2.05, 4.69) is 67.0 Å². The Labute approximate surface area is 243 Å². The summed E-state index contributed by atoms with van der Waals surface area (Å²) < 4.78 is 5.54. The number of aromatic nitrogens is 1. The second-order valence-electron chi connectivity index (χ2n) is 13.4. The molecule has 3 aromatic rings. The van der Waals surface area contributed by atoms with Gasteiger partial charge >= 0.3 is 6.09 Å². The average Bonchev–Trinajstić information content (AvgIpc) is 3.25. The first kappa shape index (κ1) is 28.3. The smallest absolute Gasteiger partial charge is 0.410 e. The van der Waals surface area contributed by atoms with Crippen molar-refractivity contribution in [1.29, 1.82) is 0 Å². The molecular weight excluding hydrogens is 538 g/mol. The van der Waals surface area contributed by atoms with Gasteiger partial charge in [0.2, 0.25) is 0 Å². The number of nitrogens with zero attached hydrogens (tertiary/aromatic N) is 2. The van der Waals surface area contributed by atoms with Crippen molar-refractivity contribution in [3.63, 3.8) is 0 Å². The van der Waals surface area contributed by atoms with Gasteiger partial charge in [-0.2, -0.15) is 0 Å². The first-order chi connectivity index (χ1) is 18.5. The number of benzene rings is 2. The van der Waals surface area contributed by atoms with Crippen LogP contribution in [0.3, 0.4) is 0 Å². The molecule has 1 saturated heterocycles. The number of fused-ring (bicyclic) bond motifs is 4. The highest BCUT2D eigenvalue weighted by molar-refractivity contribution is 6.83. The van der Waals surface area contributed by atoms with Gasteiger partial charge in [0.1, 0.15) is 13.7 Å². The minimum Gasteiger partial charge on any atom is -0.444 e. The highest BCUT2D eigenvalue weighted by Crippen LogP contribution is 2.46. The summed E-state index contributed by atoms with van der Waals surface area (Å²) in [4.78, 5) is 34.0. The van der Waals surface area contributed by atoms with E-state index in [-0.39, 0.29) is 11.9 Å². The molecule has 0 radical (unpaired) electrons. The zero-order chi connectivity index (χ0) is 29.2. The molecule has 1 N–H and O–H groups in total. The number of amides is 1. The number of aromatic amines is 1. The van der Waals surface area contributed by atoms with Crippen molar-refractivity contribution in [2.24, 2.45) is 0 Å². The summed E-state index contributed by atoms with van der Waals surface area (Å²) in [5.41, 5.74) is 8.43. The van der Waals surface area contributed by atoms with E-state index >= 15 is 0 Å². The highest BCUT2D eigenvalue weighted by Gasteiger charge is 2.41. The molecule has 0 bridgehead atoms. The zero-order valence-corrected chi connectivity index (χ0v) is 26.5. The molecule has 210 valence electrons. The van der Waals surface area contributed by atoms with E-state index in [1.165, 1.54) is 0 Å². The molecule has 6 nitrogen and oxygen atoms in total. The summed E-state index contributed by atoms with van der Waals surface area (Å²) in [7, 11) is -1.51. The third-order valence-electron chi connectivity index (χ3n) is 7.51. The molecule has 0 unspecified atom stereocenters. The van der Waals surface area contributed by atoms with Gasteiger partial charge in [0.15, 0.2) is 5.78 Å². The van der Waals surface area contributed by atoms with Crippen LogP contribution in [0.25, 0.3) is 10.9 Å². The predicted molar refractivity (Wildman–Crippen MR) is 166 cm³/mol. The van der Waals surface area contributed by atoms with Crippen LogP contribution in [-0.2, 0) is 10.2 Å². The van der Waals surface area contributed by atoms with E-state index < -0.39 is 19.1 Å². The van der Waals surface area contributed by atoms with Gasteiger partial charge in [-0.15, -0.1) is 5.54 Å². The van der Waals surface area contributed by atoms with Crippen LogP contribution in [0.4, 0.5) is 10.5 Å². The largest absolute Gasteiger partial charge is 0.444 e. The van der Waals surface area contributed by atoms with E-state index in [1.807, 2.05) is 39.0 Å². The third kappa shape index (κ3) is 5.27. The number of hydrogen-bond acceptors (Lipinski definition) is 4. The lowest BCUT2D eigenvalue weighted by Crippen LogP contribution is -2.50. The molecule has 1 aromatic heterocycles. The highest BCUT2D eigenvalue weighted by atomic mass is 35.5. The fraction of sp³-hybridized carbons (Fsp3) is 0.438. The van der Waals surface area contributed by atoms with Gasteiger partial charge in [0.25, 0.3) is 0 Å². The van der Waals surface area contributed by atoms with Crippen molar-refractivity contribution < 1.29 is 14.3 Å². The topological polar surface area (TPSA) is 65.6 Å². The number of carbonyl (C=O) groups is 2. The Bertz CT molecular complexity index is 1590. The summed E-state index contributed by atoms with van der Waals surface area (Å²) in [5.74, 6) is 3.32. The van der Waals surface area contributed by atoms with Crippen molar-refractivity contribution in [2.45, 2.75) is 65.3 Å². The van der Waals surface area contributed by atoms with Gasteiger partial charge in [-0.1, -0.05) is 57.1 Å². The van der Waals surface area contributed by atoms with Crippen molar-refractivity contribution in [3.05, 3.63) is 63.3 Å². The van der Waals surface area contributed by atoms with Crippen molar-refractivity contribution in [3.8, 4) is 11.5 Å². The molecule has 1 fully saturated rings. The van der Waals surface area contributed by atoms with E-state index in [1.54, 1.807) is 4.90 Å². The Morgan fingerprint density at radius 2 is 1.75 bits per heavy atom. The Balaban J connectivity index is 1.47. The predicted octanol–water partition coefficient (Wildman–Crippen LogP) is 6.98. The lowest BCUT2D eigenvalue weighted by atomic mass is 9.71. The van der Waals surface area contributed by atoms with Crippen LogP contribution >= 0.6 is 11.6 Å². The molecule has 1 aliphatic carbocycles. The Morgan fingerprint density at radius 1 is 1.07 bits per heavy atom. The molecule has 1 aliphatic heterocycles. The molecule has 5 rings (SSSR count). The number of rotatable bonds is 1. The Kier molecular flexibility index (Phi) is 6.87. The first-order valence-electron chi connectivity index (χ1n) is 13.9. The van der Waals surface area contributed by atoms with Crippen LogP contribution in [0.5, 0.6) is 0 Å². The summed E-state index contributed by atoms with van der Waals surface area (Å²) in [6.07, 6.45) is -0.295. The summed E-state index contributed by atoms with van der Waals surface area (Å²) >= 11 is 6.83. The molecular formula is C32H38ClN3O3Si. The SMILES string of the molecule is CC(C)(C)OC(=O)N1CCN(c2cc3c(cc2Cl)C(=O)c2c([nH]c4cc(C#C[Si](C)(C)C)ccc24)C3(C)C)CC1. The monoisotopic (exact) mass is 575 g/mol. The number of hydrogen-bond donors (Lipinski definition) is 1. The minimum atomic E-state index is -1.51. The number of nitrogens with one attached hydrogen (secondary N) is 1. The van der Waals surface area contributed by atoms with Gasteiger partial charge in [-0.05, 0) is 50.6 Å². The van der Waals surface area contributed by atoms with Crippen LogP contribution < -0.4 is 4.90 Å². The molecule has 40 heavy (non-hydrogen) atoms. The quantitative estimate of drug-likeness (QED) is 0.251. The lowest BCUT2D eigenvalue weighted by Gasteiger charge is -2.38. The van der Waals surface area contributed by atoms with E-state index in [9.17, 15) is 9.59 Å². The fourth-order valence-electron chi connectivity index (χ4n) is 5.47. The summed E-state index contributed by atoms with van der Waals surface area (Å²) in [6.45, 7) is 18.9. The number of ketones is 1. The molecule has 2 heterocycles. The standard InChI is InChI=1S/C32H38ClN3O3Si/c1-31(2,3)39-30(38)36-14-12-35(13-15-36)26-19-23-22(18-24(26)33)28(37)27-21-10-9-20(11-16-40(6,7)8)17-25(21)34-29(27)32(23,4)5/h9-10,17-19,34H,12-15H2,1-8H3. The van der Waals surface area contributed by atoms with Crippen molar-refractivity contribution in [2.75, 3.05) is 31.1 Å². The van der Waals surface area contributed by atoms with Crippen LogP contribution in [0.2, 0.25) is 24.7 Å². The van der Waals surface area contributed by atoms with E-state index in [0.717, 1.165) is 33.4 Å². The van der Waals surface area contributed by atoms with Gasteiger partial charge < -0.3 is 19.5 Å². The second-order valence-corrected chi connectivity index (χ2v) is 18.6. The summed E-state index contributed by atoms with van der Waals surface area (Å²) in [6, 6.07) is 9.96. The molecule has 2 aliphatic rings. The Morgan fingerprint density at radius 3 is 2.38 bits per heavy atom. The maximum atomic E-state index is 13.9. The number of ether oxygens (including phenoxy) is 1. The fourth-order valence-corrected chi connectivity index (χ4v) is 6.28. The lowest BCUT2D eigenvalue weighted by molar-refractivity contribution is 0.0240. The number of anilines is 1. The number of H-pyrrole nitrogens is 1. The van der Waals surface area contributed by atoms with Gasteiger partial charge in [-0.25, -0.2) is 4.79 Å². The minimum absolute atomic E-state index is 0.0142. The van der Waals surface area contributed by atoms with Gasteiger partial charge in [-0.3, -0.25) is 4.79 Å². The van der Waals surface area contributed by atoms with Crippen molar-refractivity contribution in [1.82, 2.24) is 9.88 Å². The zero-order valence-electron chi connectivity index (χ0n) is 24.7. The molecule has 0 spiro atoms. The maximum Gasteiger partial charge on any atom is 0.410 e. The number of carbonyl (C=O) groups excluding carboxylic acids is 2. The van der Waals surface area contributed by atoms with Crippen LogP contribution in [0.15, 0.2) is 30.3 Å².